The Morgan fingerprint density at radius 3 is 2.61 bits per heavy atom. The van der Waals surface area contributed by atoms with Crippen molar-refractivity contribution in [2.75, 3.05) is 10.2 Å². The van der Waals surface area contributed by atoms with E-state index in [-0.39, 0.29) is 12.0 Å². The number of amides is 3. The van der Waals surface area contributed by atoms with E-state index in [2.05, 4.69) is 5.32 Å². The lowest BCUT2D eigenvalue weighted by molar-refractivity contribution is -0.121. The van der Waals surface area contributed by atoms with Gasteiger partial charge in [0, 0.05) is 12.1 Å². The number of nitrogens with zero attached hydrogens (tertiary/aromatic N) is 1. The minimum Gasteiger partial charge on any atom is -0.478 e. The third-order valence-electron chi connectivity index (χ3n) is 4.29. The Balaban J connectivity index is 1.71. The fourth-order valence-corrected chi connectivity index (χ4v) is 3.85. The monoisotopic (exact) mass is 398 g/mol. The van der Waals surface area contributed by atoms with Crippen molar-refractivity contribution < 1.29 is 24.3 Å². The molecular weight excluding hydrogens is 380 g/mol. The Morgan fingerprint density at radius 2 is 1.89 bits per heavy atom. The van der Waals surface area contributed by atoms with E-state index in [0.717, 1.165) is 27.8 Å². The summed E-state index contributed by atoms with van der Waals surface area (Å²) in [7, 11) is 0. The molecule has 0 spiro atoms. The standard InChI is InChI=1S/C20H18N2O5S/c1-11-6-7-12(2)15(8-11)22-18(24)16(28-20(22)27)10-17(23)21-14-5-3-4-13(9-14)19(25)26/h3-9,16H,10H2,1-2H3,(H,21,23)(H,25,26). The molecule has 1 heterocycles. The molecule has 28 heavy (non-hydrogen) atoms. The van der Waals surface area contributed by atoms with Crippen LogP contribution in [0.5, 0.6) is 0 Å². The van der Waals surface area contributed by atoms with Gasteiger partial charge in [0.2, 0.25) is 11.8 Å². The number of nitrogens with one attached hydrogen (secondary N) is 1. The van der Waals surface area contributed by atoms with Gasteiger partial charge < -0.3 is 10.4 Å². The third-order valence-corrected chi connectivity index (χ3v) is 5.33. The third kappa shape index (κ3) is 4.07. The number of carboxylic acid groups (broad SMARTS) is 1. The molecule has 2 aromatic carbocycles. The second kappa shape index (κ2) is 7.85. The summed E-state index contributed by atoms with van der Waals surface area (Å²) >= 11 is 0.821. The number of thioether (sulfide) groups is 1. The number of hydrogen-bond acceptors (Lipinski definition) is 5. The lowest BCUT2D eigenvalue weighted by Gasteiger charge is -2.17. The lowest BCUT2D eigenvalue weighted by Crippen LogP contribution is -2.33. The van der Waals surface area contributed by atoms with Gasteiger partial charge in [-0.05, 0) is 61.0 Å². The maximum Gasteiger partial charge on any atom is 0.335 e. The number of carboxylic acids is 1. The van der Waals surface area contributed by atoms with E-state index >= 15 is 0 Å². The first-order valence-corrected chi connectivity index (χ1v) is 9.39. The fraction of sp³-hybridized carbons (Fsp3) is 0.200. The van der Waals surface area contributed by atoms with Crippen molar-refractivity contribution in [3.63, 3.8) is 0 Å². The van der Waals surface area contributed by atoms with Gasteiger partial charge in [-0.15, -0.1) is 0 Å². The van der Waals surface area contributed by atoms with Crippen molar-refractivity contribution in [1.29, 1.82) is 0 Å². The Hall–Kier alpha value is -3.13. The van der Waals surface area contributed by atoms with Crippen molar-refractivity contribution in [2.24, 2.45) is 0 Å². The number of aryl methyl sites for hydroxylation is 2. The van der Waals surface area contributed by atoms with E-state index < -0.39 is 28.3 Å². The van der Waals surface area contributed by atoms with Crippen LogP contribution in [-0.2, 0) is 9.59 Å². The Morgan fingerprint density at radius 1 is 1.14 bits per heavy atom. The molecule has 7 nitrogen and oxygen atoms in total. The molecule has 1 saturated heterocycles. The zero-order chi connectivity index (χ0) is 20.4. The van der Waals surface area contributed by atoms with E-state index in [4.69, 9.17) is 5.11 Å². The summed E-state index contributed by atoms with van der Waals surface area (Å²) in [5.74, 6) is -2.01. The highest BCUT2D eigenvalue weighted by Crippen LogP contribution is 2.35. The van der Waals surface area contributed by atoms with Crippen LogP contribution in [0.25, 0.3) is 0 Å². The van der Waals surface area contributed by atoms with Gasteiger partial charge in [0.05, 0.1) is 11.3 Å². The van der Waals surface area contributed by atoms with Gasteiger partial charge in [0.1, 0.15) is 5.25 Å². The van der Waals surface area contributed by atoms with Gasteiger partial charge in [0.25, 0.3) is 5.24 Å². The van der Waals surface area contributed by atoms with E-state index in [1.54, 1.807) is 12.1 Å². The van der Waals surface area contributed by atoms with Crippen molar-refractivity contribution >= 4 is 46.2 Å². The highest BCUT2D eigenvalue weighted by atomic mass is 32.2. The smallest absolute Gasteiger partial charge is 0.335 e. The van der Waals surface area contributed by atoms with Crippen LogP contribution in [0.4, 0.5) is 16.2 Å². The zero-order valence-corrected chi connectivity index (χ0v) is 16.1. The largest absolute Gasteiger partial charge is 0.478 e. The molecule has 1 fully saturated rings. The molecule has 2 N–H and O–H groups in total. The molecule has 0 saturated carbocycles. The molecule has 1 atom stereocenters. The number of rotatable bonds is 5. The van der Waals surface area contributed by atoms with Gasteiger partial charge >= 0.3 is 5.97 Å². The van der Waals surface area contributed by atoms with E-state index in [1.165, 1.54) is 18.2 Å². The summed E-state index contributed by atoms with van der Waals surface area (Å²) < 4.78 is 0. The number of benzene rings is 2. The molecule has 3 rings (SSSR count). The van der Waals surface area contributed by atoms with Crippen LogP contribution >= 0.6 is 11.8 Å². The number of aromatic carboxylic acids is 1. The van der Waals surface area contributed by atoms with Crippen LogP contribution in [0.3, 0.4) is 0 Å². The number of imide groups is 1. The van der Waals surface area contributed by atoms with E-state index in [0.29, 0.717) is 11.4 Å². The first-order valence-electron chi connectivity index (χ1n) is 8.51. The zero-order valence-electron chi connectivity index (χ0n) is 15.3. The predicted octanol–water partition coefficient (Wildman–Crippen LogP) is 3.60. The van der Waals surface area contributed by atoms with Crippen LogP contribution in [0, 0.1) is 13.8 Å². The second-order valence-corrected chi connectivity index (χ2v) is 7.63. The maximum absolute atomic E-state index is 12.7. The molecular formula is C20H18N2O5S. The van der Waals surface area contributed by atoms with Crippen LogP contribution in [0.1, 0.15) is 27.9 Å². The summed E-state index contributed by atoms with van der Waals surface area (Å²) in [6, 6.07) is 11.3. The summed E-state index contributed by atoms with van der Waals surface area (Å²) in [5, 5.41) is 10.4. The molecule has 3 amide bonds. The first-order chi connectivity index (χ1) is 13.3. The summed E-state index contributed by atoms with van der Waals surface area (Å²) in [6.07, 6.45) is -0.187. The molecule has 2 aromatic rings. The van der Waals surface area contributed by atoms with Crippen LogP contribution in [0.15, 0.2) is 42.5 Å². The van der Waals surface area contributed by atoms with Crippen LogP contribution in [-0.4, -0.2) is 33.4 Å². The Bertz CT molecular complexity index is 988. The average Bonchev–Trinajstić information content (AvgIpc) is 2.90. The first kappa shape index (κ1) is 19.6. The predicted molar refractivity (Wildman–Crippen MR) is 107 cm³/mol. The second-order valence-electron chi connectivity index (χ2n) is 6.47. The van der Waals surface area contributed by atoms with Gasteiger partial charge in [-0.2, -0.15) is 0 Å². The van der Waals surface area contributed by atoms with Gasteiger partial charge in [0.15, 0.2) is 0 Å². The summed E-state index contributed by atoms with van der Waals surface area (Å²) in [4.78, 5) is 49.6. The minimum atomic E-state index is -1.10. The van der Waals surface area contributed by atoms with Crippen molar-refractivity contribution in [3.8, 4) is 0 Å². The van der Waals surface area contributed by atoms with Crippen molar-refractivity contribution in [3.05, 3.63) is 59.2 Å². The van der Waals surface area contributed by atoms with Gasteiger partial charge in [-0.3, -0.25) is 14.4 Å². The molecule has 0 aliphatic carbocycles. The highest BCUT2D eigenvalue weighted by Gasteiger charge is 2.42. The molecule has 1 aliphatic heterocycles. The molecule has 8 heteroatoms. The summed E-state index contributed by atoms with van der Waals surface area (Å²) in [5.41, 5.74) is 2.60. The molecule has 1 aliphatic rings. The summed E-state index contributed by atoms with van der Waals surface area (Å²) in [6.45, 7) is 3.69. The normalized spacial score (nSPS) is 16.4. The number of carbonyl (C=O) groups excluding carboxylic acids is 3. The number of hydrogen-bond donors (Lipinski definition) is 2. The van der Waals surface area contributed by atoms with Crippen LogP contribution in [0.2, 0.25) is 0 Å². The molecule has 1 unspecified atom stereocenters. The molecule has 0 aromatic heterocycles. The topological polar surface area (TPSA) is 104 Å². The molecule has 144 valence electrons. The van der Waals surface area contributed by atoms with E-state index in [9.17, 15) is 19.2 Å². The minimum absolute atomic E-state index is 0.0420. The molecule has 0 bridgehead atoms. The Labute approximate surface area is 165 Å². The fourth-order valence-electron chi connectivity index (χ4n) is 2.88. The SMILES string of the molecule is Cc1ccc(C)c(N2C(=O)SC(CC(=O)Nc3cccc(C(=O)O)c3)C2=O)c1. The average molecular weight is 398 g/mol. The van der Waals surface area contributed by atoms with Gasteiger partial charge in [-0.1, -0.05) is 18.2 Å². The van der Waals surface area contributed by atoms with Crippen molar-refractivity contribution in [1.82, 2.24) is 0 Å². The van der Waals surface area contributed by atoms with E-state index in [1.807, 2.05) is 26.0 Å². The van der Waals surface area contributed by atoms with Gasteiger partial charge in [-0.25, -0.2) is 9.69 Å². The highest BCUT2D eigenvalue weighted by molar-refractivity contribution is 8.15. The van der Waals surface area contributed by atoms with Crippen molar-refractivity contribution in [2.45, 2.75) is 25.5 Å². The Kier molecular flexibility index (Phi) is 5.51. The molecule has 0 radical (unpaired) electrons. The lowest BCUT2D eigenvalue weighted by atomic mass is 10.1. The quantitative estimate of drug-likeness (QED) is 0.798. The van der Waals surface area contributed by atoms with Crippen LogP contribution < -0.4 is 10.2 Å². The number of anilines is 2. The maximum atomic E-state index is 12.7. The number of carbonyl (C=O) groups is 4.